The van der Waals surface area contributed by atoms with Crippen molar-refractivity contribution < 1.29 is 9.84 Å². The predicted molar refractivity (Wildman–Crippen MR) is 61.0 cm³/mol. The predicted octanol–water partition coefficient (Wildman–Crippen LogP) is 1.83. The molecule has 0 aliphatic rings. The van der Waals surface area contributed by atoms with E-state index in [9.17, 15) is 5.11 Å². The molecule has 1 atom stereocenters. The topological polar surface area (TPSA) is 41.5 Å². The van der Waals surface area contributed by atoms with Crippen molar-refractivity contribution in [3.63, 3.8) is 0 Å². The van der Waals surface area contributed by atoms with E-state index in [0.717, 1.165) is 11.1 Å². The Labute approximate surface area is 91.1 Å². The van der Waals surface area contributed by atoms with Crippen LogP contribution < -0.4 is 5.32 Å². The first-order chi connectivity index (χ1) is 7.13. The second-order valence-corrected chi connectivity index (χ2v) is 3.87. The van der Waals surface area contributed by atoms with Crippen molar-refractivity contribution in [2.45, 2.75) is 26.4 Å². The number of aryl methyl sites for hydroxylation is 1. The molecule has 15 heavy (non-hydrogen) atoms. The molecule has 1 rings (SSSR count). The Hall–Kier alpha value is -1.06. The summed E-state index contributed by atoms with van der Waals surface area (Å²) in [6.45, 7) is 5.41. The van der Waals surface area contributed by atoms with Gasteiger partial charge in [0.05, 0.1) is 6.61 Å². The molecule has 0 aliphatic carbocycles. The second-order valence-electron chi connectivity index (χ2n) is 3.87. The number of hydrogen-bond acceptors (Lipinski definition) is 3. The molecule has 84 valence electrons. The second kappa shape index (κ2) is 5.73. The Balaban J connectivity index is 2.53. The van der Waals surface area contributed by atoms with Crippen molar-refractivity contribution in [1.82, 2.24) is 5.32 Å². The zero-order valence-electron chi connectivity index (χ0n) is 9.58. The van der Waals surface area contributed by atoms with E-state index in [1.165, 1.54) is 0 Å². The lowest BCUT2D eigenvalue weighted by Gasteiger charge is -2.13. The van der Waals surface area contributed by atoms with E-state index in [-0.39, 0.29) is 6.04 Å². The quantitative estimate of drug-likeness (QED) is 0.777. The van der Waals surface area contributed by atoms with Gasteiger partial charge in [0.1, 0.15) is 5.75 Å². The summed E-state index contributed by atoms with van der Waals surface area (Å²) >= 11 is 0. The van der Waals surface area contributed by atoms with Crippen LogP contribution in [0.15, 0.2) is 18.2 Å². The summed E-state index contributed by atoms with van der Waals surface area (Å²) < 4.78 is 5.02. The molecule has 0 amide bonds. The molecular formula is C12H19NO2. The van der Waals surface area contributed by atoms with Gasteiger partial charge in [-0.25, -0.2) is 0 Å². The SMILES string of the molecule is COCC(C)NCc1cc(C)ccc1O. The van der Waals surface area contributed by atoms with Gasteiger partial charge < -0.3 is 15.2 Å². The number of methoxy groups -OCH3 is 1. The van der Waals surface area contributed by atoms with Gasteiger partial charge in [-0.1, -0.05) is 17.7 Å². The van der Waals surface area contributed by atoms with Gasteiger partial charge in [0, 0.05) is 25.3 Å². The van der Waals surface area contributed by atoms with Crippen molar-refractivity contribution in [3.05, 3.63) is 29.3 Å². The number of nitrogens with one attached hydrogen (secondary N) is 1. The third kappa shape index (κ3) is 3.90. The normalized spacial score (nSPS) is 12.7. The molecule has 0 radical (unpaired) electrons. The summed E-state index contributed by atoms with van der Waals surface area (Å²) in [7, 11) is 1.68. The Bertz CT molecular complexity index is 312. The highest BCUT2D eigenvalue weighted by Gasteiger charge is 2.04. The van der Waals surface area contributed by atoms with Gasteiger partial charge >= 0.3 is 0 Å². The first-order valence-electron chi connectivity index (χ1n) is 5.14. The summed E-state index contributed by atoms with van der Waals surface area (Å²) in [5.41, 5.74) is 2.09. The van der Waals surface area contributed by atoms with Gasteiger partial charge in [-0.3, -0.25) is 0 Å². The molecule has 0 heterocycles. The number of phenols is 1. The highest BCUT2D eigenvalue weighted by molar-refractivity contribution is 5.35. The van der Waals surface area contributed by atoms with Crippen LogP contribution in [-0.2, 0) is 11.3 Å². The summed E-state index contributed by atoms with van der Waals surface area (Å²) in [5, 5.41) is 12.9. The molecule has 0 aromatic heterocycles. The minimum atomic E-state index is 0.287. The smallest absolute Gasteiger partial charge is 0.120 e. The lowest BCUT2D eigenvalue weighted by atomic mass is 10.1. The number of aromatic hydroxyl groups is 1. The maximum Gasteiger partial charge on any atom is 0.120 e. The molecule has 0 bridgehead atoms. The Kier molecular flexibility index (Phi) is 4.59. The van der Waals surface area contributed by atoms with E-state index in [2.05, 4.69) is 12.2 Å². The zero-order chi connectivity index (χ0) is 11.3. The number of ether oxygens (including phenoxy) is 1. The van der Waals surface area contributed by atoms with Gasteiger partial charge in [0.25, 0.3) is 0 Å². The minimum absolute atomic E-state index is 0.287. The first-order valence-corrected chi connectivity index (χ1v) is 5.14. The number of phenolic OH excluding ortho intramolecular Hbond substituents is 1. The Morgan fingerprint density at radius 2 is 2.20 bits per heavy atom. The fraction of sp³-hybridized carbons (Fsp3) is 0.500. The largest absolute Gasteiger partial charge is 0.508 e. The van der Waals surface area contributed by atoms with E-state index in [0.29, 0.717) is 18.9 Å². The minimum Gasteiger partial charge on any atom is -0.508 e. The van der Waals surface area contributed by atoms with E-state index < -0.39 is 0 Å². The molecule has 1 aromatic carbocycles. The highest BCUT2D eigenvalue weighted by atomic mass is 16.5. The molecule has 2 N–H and O–H groups in total. The average Bonchev–Trinajstić information content (AvgIpc) is 2.20. The summed E-state index contributed by atoms with van der Waals surface area (Å²) in [6.07, 6.45) is 0. The van der Waals surface area contributed by atoms with Gasteiger partial charge in [0.15, 0.2) is 0 Å². The third-order valence-corrected chi connectivity index (χ3v) is 2.29. The van der Waals surface area contributed by atoms with Crippen molar-refractivity contribution in [3.8, 4) is 5.75 Å². The molecule has 0 saturated heterocycles. The van der Waals surface area contributed by atoms with Crippen LogP contribution in [0.4, 0.5) is 0 Å². The van der Waals surface area contributed by atoms with Gasteiger partial charge in [-0.2, -0.15) is 0 Å². The standard InChI is InChI=1S/C12H19NO2/c1-9-4-5-12(14)11(6-9)7-13-10(2)8-15-3/h4-6,10,13-14H,7-8H2,1-3H3. The molecule has 3 heteroatoms. The lowest BCUT2D eigenvalue weighted by Crippen LogP contribution is -2.29. The van der Waals surface area contributed by atoms with Crippen LogP contribution in [0.3, 0.4) is 0 Å². The van der Waals surface area contributed by atoms with Crippen molar-refractivity contribution in [2.75, 3.05) is 13.7 Å². The molecule has 3 nitrogen and oxygen atoms in total. The zero-order valence-corrected chi connectivity index (χ0v) is 9.58. The van der Waals surface area contributed by atoms with Crippen LogP contribution in [0.25, 0.3) is 0 Å². The Morgan fingerprint density at radius 1 is 1.47 bits per heavy atom. The first kappa shape index (κ1) is 12.0. The van der Waals surface area contributed by atoms with Crippen molar-refractivity contribution >= 4 is 0 Å². The number of benzene rings is 1. The number of hydrogen-bond donors (Lipinski definition) is 2. The van der Waals surface area contributed by atoms with Crippen molar-refractivity contribution in [2.24, 2.45) is 0 Å². The van der Waals surface area contributed by atoms with Gasteiger partial charge in [-0.15, -0.1) is 0 Å². The monoisotopic (exact) mass is 209 g/mol. The fourth-order valence-electron chi connectivity index (χ4n) is 1.45. The van der Waals surface area contributed by atoms with Gasteiger partial charge in [-0.05, 0) is 19.9 Å². The van der Waals surface area contributed by atoms with Crippen molar-refractivity contribution in [1.29, 1.82) is 0 Å². The van der Waals surface area contributed by atoms with E-state index in [1.807, 2.05) is 19.1 Å². The molecule has 1 aromatic rings. The van der Waals surface area contributed by atoms with E-state index in [4.69, 9.17) is 4.74 Å². The lowest BCUT2D eigenvalue weighted by molar-refractivity contribution is 0.171. The molecule has 0 saturated carbocycles. The molecule has 0 spiro atoms. The van der Waals surface area contributed by atoms with Crippen LogP contribution >= 0.6 is 0 Å². The summed E-state index contributed by atoms with van der Waals surface area (Å²) in [5.74, 6) is 0.345. The highest BCUT2D eigenvalue weighted by Crippen LogP contribution is 2.17. The molecule has 0 fully saturated rings. The van der Waals surface area contributed by atoms with Gasteiger partial charge in [0.2, 0.25) is 0 Å². The van der Waals surface area contributed by atoms with Crippen LogP contribution in [0.5, 0.6) is 5.75 Å². The van der Waals surface area contributed by atoms with E-state index >= 15 is 0 Å². The number of rotatable bonds is 5. The summed E-state index contributed by atoms with van der Waals surface area (Å²) in [6, 6.07) is 5.90. The van der Waals surface area contributed by atoms with Crippen LogP contribution in [0.1, 0.15) is 18.1 Å². The third-order valence-electron chi connectivity index (χ3n) is 2.29. The average molecular weight is 209 g/mol. The maximum atomic E-state index is 9.61. The van der Waals surface area contributed by atoms with Crippen LogP contribution in [0.2, 0.25) is 0 Å². The Morgan fingerprint density at radius 3 is 2.87 bits per heavy atom. The maximum absolute atomic E-state index is 9.61. The van der Waals surface area contributed by atoms with Crippen LogP contribution in [0, 0.1) is 6.92 Å². The molecular weight excluding hydrogens is 190 g/mol. The summed E-state index contributed by atoms with van der Waals surface area (Å²) in [4.78, 5) is 0. The fourth-order valence-corrected chi connectivity index (χ4v) is 1.45. The molecule has 0 aliphatic heterocycles. The van der Waals surface area contributed by atoms with Crippen LogP contribution in [-0.4, -0.2) is 24.9 Å². The van der Waals surface area contributed by atoms with E-state index in [1.54, 1.807) is 13.2 Å². The molecule has 1 unspecified atom stereocenters.